The second kappa shape index (κ2) is 7.34. The van der Waals surface area contributed by atoms with E-state index in [2.05, 4.69) is 15.3 Å². The number of nitrogens with one attached hydrogen (secondary N) is 1. The SMILES string of the molecule is NC1=NC(N)(c2ccc(Oc3ccnc(Cl)c3)cc2)C=C(c2ccccc2)N1. The number of nitrogens with two attached hydrogens (primary N) is 2. The Balaban J connectivity index is 1.62. The Morgan fingerprint density at radius 2 is 1.71 bits per heavy atom. The van der Waals surface area contributed by atoms with Crippen LogP contribution in [0.15, 0.2) is 84.0 Å². The molecule has 7 heteroatoms. The monoisotopic (exact) mass is 391 g/mol. The molecule has 28 heavy (non-hydrogen) atoms. The van der Waals surface area contributed by atoms with Crippen LogP contribution in [0, 0.1) is 0 Å². The molecule has 5 N–H and O–H groups in total. The van der Waals surface area contributed by atoms with Crippen LogP contribution in [-0.2, 0) is 5.66 Å². The van der Waals surface area contributed by atoms with Gasteiger partial charge in [-0.05, 0) is 35.4 Å². The maximum Gasteiger partial charge on any atom is 0.195 e. The van der Waals surface area contributed by atoms with E-state index < -0.39 is 5.66 Å². The molecular weight excluding hydrogens is 374 g/mol. The number of pyridine rings is 1. The molecule has 6 nitrogen and oxygen atoms in total. The summed E-state index contributed by atoms with van der Waals surface area (Å²) >= 11 is 5.89. The highest BCUT2D eigenvalue weighted by atomic mass is 35.5. The zero-order valence-electron chi connectivity index (χ0n) is 14.8. The molecule has 0 saturated carbocycles. The van der Waals surface area contributed by atoms with Crippen LogP contribution >= 0.6 is 11.6 Å². The van der Waals surface area contributed by atoms with E-state index in [1.54, 1.807) is 18.3 Å². The third-order valence-electron chi connectivity index (χ3n) is 4.27. The Labute approximate surface area is 167 Å². The van der Waals surface area contributed by atoms with Crippen molar-refractivity contribution in [3.8, 4) is 11.5 Å². The maximum absolute atomic E-state index is 6.57. The largest absolute Gasteiger partial charge is 0.457 e. The van der Waals surface area contributed by atoms with Crippen molar-refractivity contribution in [1.29, 1.82) is 0 Å². The van der Waals surface area contributed by atoms with E-state index in [0.29, 0.717) is 16.7 Å². The molecule has 0 amide bonds. The molecule has 1 aromatic heterocycles. The van der Waals surface area contributed by atoms with Gasteiger partial charge in [-0.3, -0.25) is 5.73 Å². The minimum atomic E-state index is -1.08. The van der Waals surface area contributed by atoms with E-state index in [1.165, 1.54) is 0 Å². The van der Waals surface area contributed by atoms with Gasteiger partial charge >= 0.3 is 0 Å². The van der Waals surface area contributed by atoms with Gasteiger partial charge in [0, 0.05) is 18.0 Å². The second-order valence-corrected chi connectivity index (χ2v) is 6.70. The molecule has 0 aliphatic carbocycles. The van der Waals surface area contributed by atoms with E-state index in [9.17, 15) is 0 Å². The molecule has 0 fully saturated rings. The van der Waals surface area contributed by atoms with Crippen LogP contribution in [0.3, 0.4) is 0 Å². The van der Waals surface area contributed by atoms with Gasteiger partial charge in [-0.2, -0.15) is 0 Å². The Hall–Kier alpha value is -3.35. The van der Waals surface area contributed by atoms with Crippen LogP contribution in [0.2, 0.25) is 5.15 Å². The predicted molar refractivity (Wildman–Crippen MR) is 111 cm³/mol. The first-order valence-electron chi connectivity index (χ1n) is 8.61. The molecule has 3 aromatic rings. The van der Waals surface area contributed by atoms with Crippen molar-refractivity contribution < 1.29 is 4.74 Å². The first-order chi connectivity index (χ1) is 13.5. The van der Waals surface area contributed by atoms with Gasteiger partial charge in [0.25, 0.3) is 0 Å². The van der Waals surface area contributed by atoms with Crippen molar-refractivity contribution in [1.82, 2.24) is 10.3 Å². The van der Waals surface area contributed by atoms with Gasteiger partial charge in [0.15, 0.2) is 11.6 Å². The summed E-state index contributed by atoms with van der Waals surface area (Å²) in [7, 11) is 0. The normalized spacial score (nSPS) is 18.6. The Kier molecular flexibility index (Phi) is 4.73. The standard InChI is InChI=1S/C21H18ClN5O/c22-19-12-17(10-11-25-19)28-16-8-6-15(7-9-16)21(24)13-18(26-20(23)27-21)14-4-2-1-3-5-14/h1-13H,24H2,(H3,23,26,27). The fraction of sp³-hybridized carbons (Fsp3) is 0.0476. The van der Waals surface area contributed by atoms with E-state index in [4.69, 9.17) is 27.8 Å². The van der Waals surface area contributed by atoms with E-state index in [1.807, 2.05) is 60.7 Å². The van der Waals surface area contributed by atoms with Gasteiger partial charge < -0.3 is 15.8 Å². The Morgan fingerprint density at radius 3 is 2.43 bits per heavy atom. The minimum absolute atomic E-state index is 0.260. The number of hydrogen-bond acceptors (Lipinski definition) is 6. The van der Waals surface area contributed by atoms with E-state index >= 15 is 0 Å². The van der Waals surface area contributed by atoms with Crippen LogP contribution < -0.4 is 21.5 Å². The third kappa shape index (κ3) is 3.83. The number of ether oxygens (including phenoxy) is 1. The summed E-state index contributed by atoms with van der Waals surface area (Å²) in [6.07, 6.45) is 3.44. The van der Waals surface area contributed by atoms with E-state index in [0.717, 1.165) is 16.8 Å². The Bertz CT molecular complexity index is 1050. The molecule has 0 radical (unpaired) electrons. The lowest BCUT2D eigenvalue weighted by Crippen LogP contribution is -2.44. The highest BCUT2D eigenvalue weighted by Crippen LogP contribution is 2.30. The lowest BCUT2D eigenvalue weighted by atomic mass is 9.96. The average molecular weight is 392 g/mol. The molecular formula is C21H18ClN5O. The molecule has 140 valence electrons. The van der Waals surface area contributed by atoms with Gasteiger partial charge in [-0.25, -0.2) is 9.98 Å². The van der Waals surface area contributed by atoms with Crippen molar-refractivity contribution in [2.45, 2.75) is 5.66 Å². The van der Waals surface area contributed by atoms with Crippen LogP contribution in [0.25, 0.3) is 5.70 Å². The fourth-order valence-corrected chi connectivity index (χ4v) is 3.11. The summed E-state index contributed by atoms with van der Waals surface area (Å²) in [6, 6.07) is 20.6. The van der Waals surface area contributed by atoms with Crippen LogP contribution in [-0.4, -0.2) is 10.9 Å². The number of nitrogens with zero attached hydrogens (tertiary/aromatic N) is 2. The van der Waals surface area contributed by atoms with Crippen LogP contribution in [0.5, 0.6) is 11.5 Å². The fourth-order valence-electron chi connectivity index (χ4n) is 2.95. The highest BCUT2D eigenvalue weighted by molar-refractivity contribution is 6.29. The lowest BCUT2D eigenvalue weighted by molar-refractivity contribution is 0.481. The molecule has 2 heterocycles. The number of aromatic nitrogens is 1. The number of hydrogen-bond donors (Lipinski definition) is 3. The lowest BCUT2D eigenvalue weighted by Gasteiger charge is -2.29. The highest BCUT2D eigenvalue weighted by Gasteiger charge is 2.29. The zero-order chi connectivity index (χ0) is 19.6. The molecule has 1 unspecified atom stereocenters. The van der Waals surface area contributed by atoms with Gasteiger partial charge in [0.2, 0.25) is 0 Å². The third-order valence-corrected chi connectivity index (χ3v) is 4.47. The molecule has 4 rings (SSSR count). The molecule has 1 aliphatic rings. The van der Waals surface area contributed by atoms with Gasteiger partial charge in [-0.15, -0.1) is 0 Å². The van der Waals surface area contributed by atoms with Crippen LogP contribution in [0.4, 0.5) is 0 Å². The second-order valence-electron chi connectivity index (χ2n) is 6.31. The molecule has 1 atom stereocenters. The summed E-state index contributed by atoms with van der Waals surface area (Å²) in [6.45, 7) is 0. The number of benzene rings is 2. The number of halogens is 1. The van der Waals surface area contributed by atoms with Gasteiger partial charge in [0.05, 0.1) is 0 Å². The Morgan fingerprint density at radius 1 is 0.964 bits per heavy atom. The zero-order valence-corrected chi connectivity index (χ0v) is 15.6. The number of guanidine groups is 1. The van der Waals surface area contributed by atoms with E-state index in [-0.39, 0.29) is 5.96 Å². The summed E-state index contributed by atoms with van der Waals surface area (Å²) in [5.41, 5.74) is 14.1. The number of aliphatic imine (C=N–C) groups is 1. The molecule has 0 spiro atoms. The first kappa shape index (κ1) is 18.0. The molecule has 0 bridgehead atoms. The topological polar surface area (TPSA) is 98.5 Å². The van der Waals surface area contributed by atoms with Crippen LogP contribution in [0.1, 0.15) is 11.1 Å². The first-order valence-corrected chi connectivity index (χ1v) is 8.99. The van der Waals surface area contributed by atoms with Crippen molar-refractivity contribution >= 4 is 23.3 Å². The van der Waals surface area contributed by atoms with Crippen molar-refractivity contribution in [2.75, 3.05) is 0 Å². The van der Waals surface area contributed by atoms with Crippen molar-refractivity contribution in [3.05, 3.63) is 95.3 Å². The number of rotatable bonds is 4. The van der Waals surface area contributed by atoms with Crippen molar-refractivity contribution in [2.24, 2.45) is 16.5 Å². The molecule has 1 aliphatic heterocycles. The average Bonchev–Trinajstić information content (AvgIpc) is 2.68. The molecule has 0 saturated heterocycles. The quantitative estimate of drug-likeness (QED) is 0.590. The maximum atomic E-state index is 6.57. The van der Waals surface area contributed by atoms with Crippen molar-refractivity contribution in [3.63, 3.8) is 0 Å². The van der Waals surface area contributed by atoms with Gasteiger partial charge in [0.1, 0.15) is 16.7 Å². The molecule has 2 aromatic carbocycles. The summed E-state index contributed by atoms with van der Waals surface area (Å²) in [5.74, 6) is 1.51. The minimum Gasteiger partial charge on any atom is -0.457 e. The summed E-state index contributed by atoms with van der Waals surface area (Å²) in [5, 5.41) is 3.44. The smallest absolute Gasteiger partial charge is 0.195 e. The summed E-state index contributed by atoms with van der Waals surface area (Å²) < 4.78 is 5.79. The summed E-state index contributed by atoms with van der Waals surface area (Å²) in [4.78, 5) is 8.34. The van der Waals surface area contributed by atoms with Gasteiger partial charge in [-0.1, -0.05) is 54.1 Å². The predicted octanol–water partition coefficient (Wildman–Crippen LogP) is 3.60.